The minimum Gasteiger partial charge on any atom is -0.434 e. The zero-order valence-corrected chi connectivity index (χ0v) is 16.7. The number of hydrogen-bond donors (Lipinski definition) is 1. The molecule has 1 aromatic heterocycles. The Bertz CT molecular complexity index is 1190. The van der Waals surface area contributed by atoms with Gasteiger partial charge in [0.25, 0.3) is 15.7 Å². The third kappa shape index (κ3) is 4.99. The number of benzene rings is 2. The van der Waals surface area contributed by atoms with Gasteiger partial charge in [0.1, 0.15) is 5.75 Å². The molecule has 1 heterocycles. The maximum atomic E-state index is 12.6. The molecule has 0 fully saturated rings. The molecule has 3 aromatic rings. The van der Waals surface area contributed by atoms with Crippen LogP contribution < -0.4 is 10.1 Å². The van der Waals surface area contributed by atoms with Crippen LogP contribution in [-0.2, 0) is 9.84 Å². The first kappa shape index (κ1) is 22.6. The zero-order valence-electron chi connectivity index (χ0n) is 15.1. The molecule has 3 rings (SSSR count). The quantitative estimate of drug-likeness (QED) is 0.507. The van der Waals surface area contributed by atoms with E-state index in [2.05, 4.69) is 15.0 Å². The summed E-state index contributed by atoms with van der Waals surface area (Å²) >= 11 is 0.975. The fourth-order valence-electron chi connectivity index (χ4n) is 2.42. The molecule has 0 bridgehead atoms. The largest absolute Gasteiger partial charge is 0.501 e. The van der Waals surface area contributed by atoms with Gasteiger partial charge in [-0.2, -0.15) is 22.0 Å². The number of aromatic nitrogens is 1. The van der Waals surface area contributed by atoms with Crippen LogP contribution in [0, 0.1) is 0 Å². The number of carbonyl (C=O) groups is 1. The van der Waals surface area contributed by atoms with E-state index in [9.17, 15) is 35.2 Å². The van der Waals surface area contributed by atoms with Crippen molar-refractivity contribution in [2.24, 2.45) is 0 Å². The molecule has 1 N–H and O–H groups in total. The Hall–Kier alpha value is -3.06. The molecule has 0 unspecified atom stereocenters. The van der Waals surface area contributed by atoms with Crippen LogP contribution in [0.2, 0.25) is 0 Å². The lowest BCUT2D eigenvalue weighted by molar-refractivity contribution is -0.0495. The van der Waals surface area contributed by atoms with Gasteiger partial charge >= 0.3 is 12.1 Å². The normalized spacial score (nSPS) is 12.1. The van der Waals surface area contributed by atoms with E-state index in [1.54, 1.807) is 6.07 Å². The number of anilines is 1. The standard InChI is InChI=1S/C18H11F5N2O4S2/c19-16(20)29-14-4-2-1-3-12(14)13-9-30-17(24-13)25-15(26)10-5-7-11(8-6-10)31(27,28)18(21,22)23/h1-9,16H,(H,24,25,26). The Kier molecular flexibility index (Phi) is 6.27. The van der Waals surface area contributed by atoms with Crippen molar-refractivity contribution >= 4 is 32.2 Å². The summed E-state index contributed by atoms with van der Waals surface area (Å²) in [6, 6.07) is 9.10. The van der Waals surface area contributed by atoms with Crippen molar-refractivity contribution in [1.29, 1.82) is 0 Å². The van der Waals surface area contributed by atoms with Crippen molar-refractivity contribution in [3.8, 4) is 17.0 Å². The van der Waals surface area contributed by atoms with Gasteiger partial charge in [-0.05, 0) is 36.4 Å². The summed E-state index contributed by atoms with van der Waals surface area (Å²) < 4.78 is 90.0. The SMILES string of the molecule is O=C(Nc1nc(-c2ccccc2OC(F)F)cs1)c1ccc(S(=O)(=O)C(F)(F)F)cc1. The maximum Gasteiger partial charge on any atom is 0.501 e. The Morgan fingerprint density at radius 1 is 1.06 bits per heavy atom. The third-order valence-electron chi connectivity index (χ3n) is 3.84. The Balaban J connectivity index is 1.77. The Morgan fingerprint density at radius 3 is 2.32 bits per heavy atom. The second kappa shape index (κ2) is 8.59. The molecule has 0 aliphatic carbocycles. The van der Waals surface area contributed by atoms with Crippen molar-refractivity contribution < 1.29 is 39.9 Å². The zero-order chi connectivity index (χ0) is 22.8. The molecule has 0 saturated carbocycles. The smallest absolute Gasteiger partial charge is 0.434 e. The van der Waals surface area contributed by atoms with Gasteiger partial charge in [0.2, 0.25) is 0 Å². The lowest BCUT2D eigenvalue weighted by atomic mass is 10.1. The highest BCUT2D eigenvalue weighted by atomic mass is 32.2. The van der Waals surface area contributed by atoms with Crippen molar-refractivity contribution in [1.82, 2.24) is 4.98 Å². The molecule has 13 heteroatoms. The number of carbonyl (C=O) groups excluding carboxylic acids is 1. The summed E-state index contributed by atoms with van der Waals surface area (Å²) in [5, 5.41) is 3.98. The van der Waals surface area contributed by atoms with Crippen molar-refractivity contribution in [2.45, 2.75) is 17.0 Å². The number of nitrogens with zero attached hydrogens (tertiary/aromatic N) is 1. The van der Waals surface area contributed by atoms with Gasteiger partial charge in [-0.15, -0.1) is 11.3 Å². The van der Waals surface area contributed by atoms with Crippen LogP contribution in [0.1, 0.15) is 10.4 Å². The van der Waals surface area contributed by atoms with Crippen LogP contribution in [0.15, 0.2) is 58.8 Å². The number of halogens is 5. The molecular weight excluding hydrogens is 467 g/mol. The summed E-state index contributed by atoms with van der Waals surface area (Å²) in [5.74, 6) is -0.865. The van der Waals surface area contributed by atoms with Crippen LogP contribution in [-0.4, -0.2) is 31.4 Å². The predicted octanol–water partition coefficient (Wildman–Crippen LogP) is 4.96. The molecule has 0 atom stereocenters. The number of alkyl halides is 5. The van der Waals surface area contributed by atoms with E-state index in [1.165, 1.54) is 23.6 Å². The van der Waals surface area contributed by atoms with E-state index < -0.39 is 32.8 Å². The molecule has 0 saturated heterocycles. The van der Waals surface area contributed by atoms with E-state index >= 15 is 0 Å². The molecule has 6 nitrogen and oxygen atoms in total. The van der Waals surface area contributed by atoms with Gasteiger partial charge in [0, 0.05) is 16.5 Å². The van der Waals surface area contributed by atoms with Crippen LogP contribution in [0.4, 0.5) is 27.1 Å². The lowest BCUT2D eigenvalue weighted by Gasteiger charge is -2.09. The third-order valence-corrected chi connectivity index (χ3v) is 6.10. The summed E-state index contributed by atoms with van der Waals surface area (Å²) in [4.78, 5) is 15.4. The average molecular weight is 478 g/mol. The number of para-hydroxylation sites is 1. The van der Waals surface area contributed by atoms with Crippen molar-refractivity contribution in [3.63, 3.8) is 0 Å². The topological polar surface area (TPSA) is 85.4 Å². The van der Waals surface area contributed by atoms with Crippen molar-refractivity contribution in [3.05, 3.63) is 59.5 Å². The summed E-state index contributed by atoms with van der Waals surface area (Å²) in [6.45, 7) is -3.04. The lowest BCUT2D eigenvalue weighted by Crippen LogP contribution is -2.23. The summed E-state index contributed by atoms with van der Waals surface area (Å²) in [5.41, 5.74) is -5.05. The van der Waals surface area contributed by atoms with E-state index in [1.807, 2.05) is 0 Å². The second-order valence-electron chi connectivity index (χ2n) is 5.84. The highest BCUT2D eigenvalue weighted by molar-refractivity contribution is 7.92. The first-order chi connectivity index (χ1) is 14.5. The van der Waals surface area contributed by atoms with Crippen LogP contribution in [0.5, 0.6) is 5.75 Å². The summed E-state index contributed by atoms with van der Waals surface area (Å²) in [7, 11) is -5.53. The molecule has 1 amide bonds. The fraction of sp³-hybridized carbons (Fsp3) is 0.111. The molecule has 0 spiro atoms. The minimum atomic E-state index is -5.53. The molecule has 0 aliphatic heterocycles. The highest BCUT2D eigenvalue weighted by Crippen LogP contribution is 2.33. The fourth-order valence-corrected chi connectivity index (χ4v) is 3.89. The molecule has 31 heavy (non-hydrogen) atoms. The predicted molar refractivity (Wildman–Crippen MR) is 102 cm³/mol. The molecule has 2 aromatic carbocycles. The van der Waals surface area contributed by atoms with Gasteiger partial charge in [-0.3, -0.25) is 10.1 Å². The molecular formula is C18H11F5N2O4S2. The number of rotatable bonds is 6. The first-order valence-electron chi connectivity index (χ1n) is 8.21. The molecule has 0 radical (unpaired) electrons. The summed E-state index contributed by atoms with van der Waals surface area (Å²) in [6.07, 6.45) is 0. The van der Waals surface area contributed by atoms with Gasteiger partial charge < -0.3 is 4.74 Å². The van der Waals surface area contributed by atoms with Gasteiger partial charge in [-0.1, -0.05) is 12.1 Å². The highest BCUT2D eigenvalue weighted by Gasteiger charge is 2.46. The van der Waals surface area contributed by atoms with E-state index in [0.717, 1.165) is 23.5 Å². The Morgan fingerprint density at radius 2 is 1.71 bits per heavy atom. The van der Waals surface area contributed by atoms with E-state index in [-0.39, 0.29) is 27.7 Å². The van der Waals surface area contributed by atoms with Gasteiger partial charge in [0.15, 0.2) is 5.13 Å². The second-order valence-corrected chi connectivity index (χ2v) is 8.64. The number of hydrogen-bond acceptors (Lipinski definition) is 6. The molecule has 164 valence electrons. The minimum absolute atomic E-state index is 0.0823. The number of sulfone groups is 1. The van der Waals surface area contributed by atoms with Gasteiger partial charge in [0.05, 0.1) is 10.6 Å². The number of ether oxygens (including phenoxy) is 1. The number of nitrogens with one attached hydrogen (secondary N) is 1. The van der Waals surface area contributed by atoms with E-state index in [0.29, 0.717) is 12.1 Å². The van der Waals surface area contributed by atoms with Crippen LogP contribution >= 0.6 is 11.3 Å². The Labute approximate surface area is 176 Å². The number of amides is 1. The van der Waals surface area contributed by atoms with E-state index in [4.69, 9.17) is 0 Å². The van der Waals surface area contributed by atoms with Crippen LogP contribution in [0.3, 0.4) is 0 Å². The number of thiazole rings is 1. The first-order valence-corrected chi connectivity index (χ1v) is 10.6. The van der Waals surface area contributed by atoms with Gasteiger partial charge in [-0.25, -0.2) is 13.4 Å². The molecule has 0 aliphatic rings. The average Bonchev–Trinajstić information content (AvgIpc) is 3.15. The monoisotopic (exact) mass is 478 g/mol. The maximum absolute atomic E-state index is 12.6. The van der Waals surface area contributed by atoms with Crippen LogP contribution in [0.25, 0.3) is 11.3 Å². The van der Waals surface area contributed by atoms with Crippen molar-refractivity contribution in [2.75, 3.05) is 5.32 Å².